The molecule has 0 bridgehead atoms. The summed E-state index contributed by atoms with van der Waals surface area (Å²) in [6.07, 6.45) is -3.12. The molecule has 176 valence electrons. The van der Waals surface area contributed by atoms with Crippen LogP contribution in [0.3, 0.4) is 0 Å². The largest absolute Gasteiger partial charge is 0.433 e. The number of thiophene rings is 1. The molecule has 1 atom stereocenters. The maximum absolute atomic E-state index is 13.5. The van der Waals surface area contributed by atoms with E-state index in [-0.39, 0.29) is 22.5 Å². The van der Waals surface area contributed by atoms with E-state index < -0.39 is 17.7 Å². The highest BCUT2D eigenvalue weighted by Crippen LogP contribution is 2.36. The number of alkyl halides is 3. The molecule has 1 saturated heterocycles. The Morgan fingerprint density at radius 3 is 2.79 bits per heavy atom. The van der Waals surface area contributed by atoms with E-state index >= 15 is 0 Å². The van der Waals surface area contributed by atoms with Crippen molar-refractivity contribution in [3.8, 4) is 11.4 Å². The molecule has 0 saturated carbocycles. The minimum absolute atomic E-state index is 0.181. The van der Waals surface area contributed by atoms with Crippen LogP contribution in [0.4, 0.5) is 17.6 Å². The molecule has 0 N–H and O–H groups in total. The normalized spacial score (nSPS) is 16.9. The average molecular weight is 490 g/mol. The third-order valence-electron chi connectivity index (χ3n) is 5.87. The summed E-state index contributed by atoms with van der Waals surface area (Å²) in [6, 6.07) is 8.16. The first-order chi connectivity index (χ1) is 16.2. The van der Waals surface area contributed by atoms with Crippen molar-refractivity contribution in [2.75, 3.05) is 13.1 Å². The second kappa shape index (κ2) is 8.46. The molecule has 1 amide bonds. The van der Waals surface area contributed by atoms with E-state index in [1.165, 1.54) is 18.2 Å². The Morgan fingerprint density at radius 2 is 2.03 bits per heavy atom. The Bertz CT molecular complexity index is 1380. The van der Waals surface area contributed by atoms with Crippen LogP contribution in [0.2, 0.25) is 0 Å². The predicted molar refractivity (Wildman–Crippen MR) is 117 cm³/mol. The smallest absolute Gasteiger partial charge is 0.339 e. The molecule has 1 fully saturated rings. The Balaban J connectivity index is 1.37. The Kier molecular flexibility index (Phi) is 5.59. The van der Waals surface area contributed by atoms with Crippen LogP contribution in [0.15, 0.2) is 40.9 Å². The summed E-state index contributed by atoms with van der Waals surface area (Å²) in [6.45, 7) is 2.55. The number of likely N-dealkylation sites (tertiary alicyclic amines) is 1. The van der Waals surface area contributed by atoms with Crippen molar-refractivity contribution >= 4 is 27.5 Å². The van der Waals surface area contributed by atoms with E-state index in [4.69, 9.17) is 4.52 Å². The number of halogens is 4. The topological polar surface area (TPSA) is 72.1 Å². The van der Waals surface area contributed by atoms with Crippen molar-refractivity contribution < 1.29 is 26.9 Å². The number of fused-ring (bicyclic) bond motifs is 1. The number of amides is 1. The molecular weight excluding hydrogens is 472 g/mol. The lowest BCUT2D eigenvalue weighted by Gasteiger charge is -2.30. The van der Waals surface area contributed by atoms with Crippen molar-refractivity contribution in [1.29, 1.82) is 0 Å². The van der Waals surface area contributed by atoms with Crippen LogP contribution in [0.25, 0.3) is 21.6 Å². The van der Waals surface area contributed by atoms with Crippen LogP contribution in [0.1, 0.15) is 45.6 Å². The minimum Gasteiger partial charge on any atom is -0.339 e. The number of hydrogen-bond donors (Lipinski definition) is 0. The van der Waals surface area contributed by atoms with Gasteiger partial charge in [-0.05, 0) is 49.6 Å². The fourth-order valence-corrected chi connectivity index (χ4v) is 5.26. The van der Waals surface area contributed by atoms with Crippen LogP contribution in [-0.2, 0) is 6.18 Å². The average Bonchev–Trinajstić information content (AvgIpc) is 3.43. The van der Waals surface area contributed by atoms with E-state index in [0.29, 0.717) is 46.8 Å². The number of hydrogen-bond acceptors (Lipinski definition) is 6. The Morgan fingerprint density at radius 1 is 1.21 bits per heavy atom. The van der Waals surface area contributed by atoms with Gasteiger partial charge in [0.15, 0.2) is 0 Å². The lowest BCUT2D eigenvalue weighted by Crippen LogP contribution is -2.39. The van der Waals surface area contributed by atoms with E-state index in [1.54, 1.807) is 24.0 Å². The van der Waals surface area contributed by atoms with Crippen molar-refractivity contribution in [2.45, 2.75) is 31.9 Å². The molecule has 6 nitrogen and oxygen atoms in total. The highest BCUT2D eigenvalue weighted by molar-refractivity contribution is 7.20. The molecule has 4 aromatic rings. The first-order valence-electron chi connectivity index (χ1n) is 10.6. The van der Waals surface area contributed by atoms with Gasteiger partial charge in [-0.2, -0.15) is 18.2 Å². The van der Waals surface area contributed by atoms with Crippen LogP contribution in [-0.4, -0.2) is 39.0 Å². The molecule has 0 radical (unpaired) electrons. The first-order valence-corrected chi connectivity index (χ1v) is 11.4. The van der Waals surface area contributed by atoms with Gasteiger partial charge in [-0.3, -0.25) is 4.79 Å². The van der Waals surface area contributed by atoms with E-state index in [0.717, 1.165) is 23.8 Å². The van der Waals surface area contributed by atoms with Gasteiger partial charge in [-0.25, -0.2) is 9.37 Å². The van der Waals surface area contributed by atoms with Crippen molar-refractivity contribution in [2.24, 2.45) is 0 Å². The first kappa shape index (κ1) is 22.5. The van der Waals surface area contributed by atoms with Crippen molar-refractivity contribution in [3.05, 3.63) is 64.2 Å². The summed E-state index contributed by atoms with van der Waals surface area (Å²) in [5, 5.41) is 4.48. The van der Waals surface area contributed by atoms with E-state index in [2.05, 4.69) is 15.1 Å². The number of benzene rings is 1. The minimum atomic E-state index is -4.55. The van der Waals surface area contributed by atoms with Crippen LogP contribution < -0.4 is 0 Å². The van der Waals surface area contributed by atoms with Crippen molar-refractivity contribution in [1.82, 2.24) is 20.0 Å². The van der Waals surface area contributed by atoms with Gasteiger partial charge in [0, 0.05) is 24.0 Å². The summed E-state index contributed by atoms with van der Waals surface area (Å²) in [5.74, 6) is -0.235. The quantitative estimate of drug-likeness (QED) is 0.338. The number of carbonyl (C=O) groups excluding carboxylic acids is 1. The fraction of sp³-hybridized carbons (Fsp3) is 0.304. The third kappa shape index (κ3) is 4.15. The van der Waals surface area contributed by atoms with Crippen LogP contribution >= 0.6 is 11.3 Å². The highest BCUT2D eigenvalue weighted by Gasteiger charge is 2.34. The Hall–Kier alpha value is -3.34. The number of pyridine rings is 1. The molecule has 1 aliphatic rings. The van der Waals surface area contributed by atoms with Gasteiger partial charge < -0.3 is 9.42 Å². The molecule has 1 aliphatic heterocycles. The molecule has 34 heavy (non-hydrogen) atoms. The van der Waals surface area contributed by atoms with Gasteiger partial charge in [0.25, 0.3) is 5.91 Å². The molecule has 11 heteroatoms. The number of nitrogens with zero attached hydrogens (tertiary/aromatic N) is 4. The van der Waals surface area contributed by atoms with E-state index in [1.807, 2.05) is 0 Å². The number of rotatable bonds is 3. The fourth-order valence-electron chi connectivity index (χ4n) is 4.11. The maximum Gasteiger partial charge on any atom is 0.433 e. The zero-order valence-corrected chi connectivity index (χ0v) is 18.7. The summed E-state index contributed by atoms with van der Waals surface area (Å²) < 4.78 is 58.0. The number of piperidine rings is 1. The number of aromatic nitrogens is 3. The lowest BCUT2D eigenvalue weighted by atomic mass is 9.97. The number of carbonyl (C=O) groups is 1. The predicted octanol–water partition coefficient (Wildman–Crippen LogP) is 5.83. The lowest BCUT2D eigenvalue weighted by molar-refractivity contribution is -0.140. The molecular formula is C23H18F4N4O2S. The van der Waals surface area contributed by atoms with Crippen LogP contribution in [0.5, 0.6) is 0 Å². The van der Waals surface area contributed by atoms with Gasteiger partial charge in [-0.1, -0.05) is 17.3 Å². The molecule has 3 aromatic heterocycles. The monoisotopic (exact) mass is 490 g/mol. The van der Waals surface area contributed by atoms with Crippen molar-refractivity contribution in [3.63, 3.8) is 0 Å². The van der Waals surface area contributed by atoms with Gasteiger partial charge in [0.1, 0.15) is 16.3 Å². The zero-order chi connectivity index (χ0) is 24.0. The van der Waals surface area contributed by atoms with Gasteiger partial charge in [-0.15, -0.1) is 11.3 Å². The third-order valence-corrected chi connectivity index (χ3v) is 7.06. The van der Waals surface area contributed by atoms with Crippen LogP contribution in [0, 0.1) is 12.7 Å². The zero-order valence-electron chi connectivity index (χ0n) is 17.9. The maximum atomic E-state index is 13.5. The summed E-state index contributed by atoms with van der Waals surface area (Å²) in [5.41, 5.74) is 0.119. The summed E-state index contributed by atoms with van der Waals surface area (Å²) >= 11 is 0.966. The standard InChI is InChI=1S/C23H18F4N4O2S/c1-12-16-7-8-17(23(25,26)27)28-21(16)34-18(12)22(32)31-9-3-5-14(11-31)20-29-19(30-33-20)13-4-2-6-15(24)10-13/h2,4,6-8,10,14H,3,5,9,11H2,1H3. The Labute approximate surface area is 195 Å². The van der Waals surface area contributed by atoms with Gasteiger partial charge in [0.05, 0.1) is 10.8 Å². The summed E-state index contributed by atoms with van der Waals surface area (Å²) in [4.78, 5) is 23.6. The highest BCUT2D eigenvalue weighted by atomic mass is 32.1. The number of aryl methyl sites for hydroxylation is 1. The molecule has 1 unspecified atom stereocenters. The molecule has 0 aliphatic carbocycles. The van der Waals surface area contributed by atoms with Gasteiger partial charge >= 0.3 is 6.18 Å². The second-order valence-corrected chi connectivity index (χ2v) is 9.16. The molecule has 5 rings (SSSR count). The van der Waals surface area contributed by atoms with E-state index in [9.17, 15) is 22.4 Å². The molecule has 1 aromatic carbocycles. The molecule has 4 heterocycles. The molecule has 0 spiro atoms. The SMILES string of the molecule is Cc1c(C(=O)N2CCCC(c3nc(-c4cccc(F)c4)no3)C2)sc2nc(C(F)(F)F)ccc12. The second-order valence-electron chi connectivity index (χ2n) is 8.16. The summed E-state index contributed by atoms with van der Waals surface area (Å²) in [7, 11) is 0. The van der Waals surface area contributed by atoms with Gasteiger partial charge in [0.2, 0.25) is 11.7 Å².